The second-order valence-electron chi connectivity index (χ2n) is 5.69. The van der Waals surface area contributed by atoms with E-state index >= 15 is 0 Å². The van der Waals surface area contributed by atoms with Gasteiger partial charge < -0.3 is 18.9 Å². The molecule has 2 rings (SSSR count). The first kappa shape index (κ1) is 22.9. The van der Waals surface area contributed by atoms with Crippen molar-refractivity contribution < 1.29 is 18.9 Å². The summed E-state index contributed by atoms with van der Waals surface area (Å²) in [6.45, 7) is 11.0. The van der Waals surface area contributed by atoms with Crippen LogP contribution >= 0.6 is 21.6 Å². The molecule has 0 N–H and O–H groups in total. The first-order chi connectivity index (χ1) is 13.7. The fourth-order valence-electron chi connectivity index (χ4n) is 2.56. The highest BCUT2D eigenvalue weighted by atomic mass is 33.1. The summed E-state index contributed by atoms with van der Waals surface area (Å²) >= 11 is 0. The molecule has 0 bridgehead atoms. The summed E-state index contributed by atoms with van der Waals surface area (Å²) in [5, 5.41) is 0. The summed E-state index contributed by atoms with van der Waals surface area (Å²) in [5.41, 5.74) is 0. The molecule has 0 unspecified atom stereocenters. The van der Waals surface area contributed by atoms with Crippen LogP contribution in [0.25, 0.3) is 0 Å². The fraction of sp³-hybridized carbons (Fsp3) is 0.778. The first-order valence-corrected chi connectivity index (χ1v) is 12.2. The Kier molecular flexibility index (Phi) is 10.6. The molecule has 2 heterocycles. The Balaban J connectivity index is 1.87. The monoisotopic (exact) mass is 430 g/mol. The Morgan fingerprint density at radius 3 is 1.43 bits per heavy atom. The molecule has 0 saturated carbocycles. The molecule has 28 heavy (non-hydrogen) atoms. The van der Waals surface area contributed by atoms with Crippen molar-refractivity contribution in [1.82, 2.24) is 0 Å². The molecule has 0 aromatic heterocycles. The molecule has 2 aliphatic heterocycles. The quantitative estimate of drug-likeness (QED) is 0.413. The van der Waals surface area contributed by atoms with Gasteiger partial charge in [-0.15, -0.1) is 0 Å². The van der Waals surface area contributed by atoms with Crippen LogP contribution in [0.2, 0.25) is 0 Å². The van der Waals surface area contributed by atoms with E-state index in [0.717, 1.165) is 11.5 Å². The van der Waals surface area contributed by atoms with Crippen LogP contribution in [0, 0.1) is 0 Å². The highest BCUT2D eigenvalue weighted by Crippen LogP contribution is 2.27. The first-order valence-electron chi connectivity index (χ1n) is 9.69. The van der Waals surface area contributed by atoms with Crippen molar-refractivity contribution >= 4 is 45.2 Å². The van der Waals surface area contributed by atoms with Gasteiger partial charge in [0.05, 0.1) is 26.4 Å². The molecule has 0 fully saturated rings. The maximum Gasteiger partial charge on any atom is 0.210 e. The van der Waals surface area contributed by atoms with E-state index in [1.807, 2.05) is 27.7 Å². The van der Waals surface area contributed by atoms with Crippen molar-refractivity contribution in [2.45, 2.75) is 39.8 Å². The third-order valence-electron chi connectivity index (χ3n) is 3.65. The third kappa shape index (κ3) is 7.20. The predicted octanol–water partition coefficient (Wildman–Crippen LogP) is 2.87. The van der Waals surface area contributed by atoms with E-state index in [0.29, 0.717) is 63.1 Å². The van der Waals surface area contributed by atoms with Crippen molar-refractivity contribution in [3.05, 3.63) is 0 Å². The lowest BCUT2D eigenvalue weighted by Gasteiger charge is -2.22. The van der Waals surface area contributed by atoms with Gasteiger partial charge in [0, 0.05) is 11.5 Å². The average molecular weight is 431 g/mol. The zero-order chi connectivity index (χ0) is 20.2. The van der Waals surface area contributed by atoms with E-state index in [1.165, 1.54) is 0 Å². The molecule has 2 aliphatic rings. The summed E-state index contributed by atoms with van der Waals surface area (Å²) in [5.74, 6) is 4.21. The maximum atomic E-state index is 5.65. The van der Waals surface area contributed by atoms with Crippen LogP contribution in [0.5, 0.6) is 0 Å². The smallest absolute Gasteiger partial charge is 0.210 e. The number of rotatable bonds is 9. The third-order valence-corrected chi connectivity index (χ3v) is 6.04. The molecular weight excluding hydrogens is 400 g/mol. The number of ether oxygens (including phenoxy) is 4. The molecule has 10 heteroatoms. The van der Waals surface area contributed by atoms with Gasteiger partial charge in [0.1, 0.15) is 25.2 Å². The second-order valence-corrected chi connectivity index (χ2v) is 8.24. The summed E-state index contributed by atoms with van der Waals surface area (Å²) in [6.07, 6.45) is 0. The Bertz CT molecular complexity index is 558. The zero-order valence-corrected chi connectivity index (χ0v) is 18.7. The van der Waals surface area contributed by atoms with E-state index in [1.54, 1.807) is 21.6 Å². The van der Waals surface area contributed by atoms with Gasteiger partial charge in [-0.1, -0.05) is 21.6 Å². The summed E-state index contributed by atoms with van der Waals surface area (Å²) in [4.78, 5) is 18.2. The van der Waals surface area contributed by atoms with Crippen LogP contribution in [0.4, 0.5) is 0 Å². The van der Waals surface area contributed by atoms with Gasteiger partial charge in [-0.05, 0) is 27.7 Å². The van der Waals surface area contributed by atoms with Crippen molar-refractivity contribution in [2.75, 3.05) is 51.0 Å². The SMILES string of the molecule is CCOC1=N[C@@H](CSSC[C@H]2N=C(OCC)CN=C2OCC)C(OCC)=NC1. The second kappa shape index (κ2) is 12.9. The van der Waals surface area contributed by atoms with E-state index in [2.05, 4.69) is 20.0 Å². The van der Waals surface area contributed by atoms with Gasteiger partial charge in [-0.3, -0.25) is 0 Å². The Morgan fingerprint density at radius 1 is 0.679 bits per heavy atom. The standard InChI is InChI=1S/C18H30N4O4S2/c1-5-23-15-9-19-17(25-7-3)13(21-15)11-27-28-12-14-18(26-8-4)20-10-16(22-14)24-6-2/h13-14H,5-12H2,1-4H3/t13-,14+. The van der Waals surface area contributed by atoms with E-state index < -0.39 is 0 Å². The van der Waals surface area contributed by atoms with Crippen LogP contribution in [0.15, 0.2) is 20.0 Å². The summed E-state index contributed by atoms with van der Waals surface area (Å²) in [7, 11) is 3.42. The van der Waals surface area contributed by atoms with Gasteiger partial charge in [-0.25, -0.2) is 20.0 Å². The minimum atomic E-state index is -0.123. The number of hydrogen-bond acceptors (Lipinski definition) is 10. The largest absolute Gasteiger partial charge is 0.480 e. The van der Waals surface area contributed by atoms with E-state index in [4.69, 9.17) is 18.9 Å². The van der Waals surface area contributed by atoms with Crippen LogP contribution in [0.1, 0.15) is 27.7 Å². The van der Waals surface area contributed by atoms with Gasteiger partial charge in [-0.2, -0.15) is 0 Å². The highest BCUT2D eigenvalue weighted by Gasteiger charge is 2.25. The Hall–Kier alpha value is -1.42. The van der Waals surface area contributed by atoms with Gasteiger partial charge in [0.25, 0.3) is 0 Å². The molecule has 158 valence electrons. The molecule has 0 amide bonds. The summed E-state index contributed by atoms with van der Waals surface area (Å²) < 4.78 is 22.3. The van der Waals surface area contributed by atoms with Gasteiger partial charge >= 0.3 is 0 Å². The normalized spacial score (nSPS) is 21.9. The number of hydrogen-bond donors (Lipinski definition) is 0. The van der Waals surface area contributed by atoms with Gasteiger partial charge in [0.2, 0.25) is 23.6 Å². The molecule has 0 aromatic carbocycles. The van der Waals surface area contributed by atoms with Crippen LogP contribution in [-0.4, -0.2) is 86.7 Å². The maximum absolute atomic E-state index is 5.65. The van der Waals surface area contributed by atoms with Crippen molar-refractivity contribution in [3.8, 4) is 0 Å². The van der Waals surface area contributed by atoms with Crippen molar-refractivity contribution in [1.29, 1.82) is 0 Å². The van der Waals surface area contributed by atoms with E-state index in [-0.39, 0.29) is 12.1 Å². The minimum Gasteiger partial charge on any atom is -0.480 e. The summed E-state index contributed by atoms with van der Waals surface area (Å²) in [6, 6.07) is -0.247. The number of aliphatic imine (C=N–C) groups is 4. The average Bonchev–Trinajstić information content (AvgIpc) is 2.69. The topological polar surface area (TPSA) is 86.4 Å². The van der Waals surface area contributed by atoms with Crippen molar-refractivity contribution in [3.63, 3.8) is 0 Å². The molecule has 0 aliphatic carbocycles. The minimum absolute atomic E-state index is 0.123. The van der Waals surface area contributed by atoms with Crippen molar-refractivity contribution in [2.24, 2.45) is 20.0 Å². The lowest BCUT2D eigenvalue weighted by Crippen LogP contribution is -2.32. The van der Waals surface area contributed by atoms with Crippen LogP contribution in [-0.2, 0) is 18.9 Å². The zero-order valence-electron chi connectivity index (χ0n) is 17.0. The molecule has 0 radical (unpaired) electrons. The Morgan fingerprint density at radius 2 is 1.07 bits per heavy atom. The fourth-order valence-corrected chi connectivity index (χ4v) is 4.80. The predicted molar refractivity (Wildman–Crippen MR) is 118 cm³/mol. The lowest BCUT2D eigenvalue weighted by molar-refractivity contribution is 0.296. The number of nitrogens with zero attached hydrogens (tertiary/aromatic N) is 4. The van der Waals surface area contributed by atoms with Gasteiger partial charge in [0.15, 0.2) is 0 Å². The van der Waals surface area contributed by atoms with E-state index in [9.17, 15) is 0 Å². The van der Waals surface area contributed by atoms with Crippen LogP contribution in [0.3, 0.4) is 0 Å². The molecular formula is C18H30N4O4S2. The molecule has 8 nitrogen and oxygen atoms in total. The molecule has 0 aromatic rings. The highest BCUT2D eigenvalue weighted by molar-refractivity contribution is 8.76. The Labute approximate surface area is 175 Å². The van der Waals surface area contributed by atoms with Crippen LogP contribution < -0.4 is 0 Å². The molecule has 0 spiro atoms. The lowest BCUT2D eigenvalue weighted by atomic mass is 10.3. The molecule has 0 saturated heterocycles. The molecule has 2 atom stereocenters.